The molecule has 3 heterocycles. The molecule has 1 saturated heterocycles. The number of nitro groups is 1. The molecule has 2 aliphatic heterocycles. The van der Waals surface area contributed by atoms with Crippen LogP contribution >= 0.6 is 0 Å². The molecule has 4 rings (SSSR count). The van der Waals surface area contributed by atoms with Gasteiger partial charge in [-0.15, -0.1) is 10.2 Å². The summed E-state index contributed by atoms with van der Waals surface area (Å²) >= 11 is 0. The van der Waals surface area contributed by atoms with Crippen molar-refractivity contribution in [2.24, 2.45) is 0 Å². The van der Waals surface area contributed by atoms with Crippen molar-refractivity contribution in [2.75, 3.05) is 13.1 Å². The topological polar surface area (TPSA) is 77.1 Å². The Morgan fingerprint density at radius 1 is 1.24 bits per heavy atom. The smallest absolute Gasteiger partial charge is 0.272 e. The Kier molecular flexibility index (Phi) is 4.25. The van der Waals surface area contributed by atoms with E-state index in [9.17, 15) is 10.1 Å². The SMILES string of the molecule is Cc1c(CN2CCC(c3nnc4n3CCC4)CC2)cccc1[N+](=O)[O-]. The number of piperidine rings is 1. The van der Waals surface area contributed by atoms with Crippen molar-refractivity contribution in [1.82, 2.24) is 19.7 Å². The summed E-state index contributed by atoms with van der Waals surface area (Å²) in [5, 5.41) is 19.9. The molecule has 1 fully saturated rings. The van der Waals surface area contributed by atoms with Crippen molar-refractivity contribution in [1.29, 1.82) is 0 Å². The second-order valence-corrected chi connectivity index (χ2v) is 7.10. The maximum absolute atomic E-state index is 11.1. The molecule has 132 valence electrons. The first-order valence-corrected chi connectivity index (χ1v) is 9.00. The molecule has 7 heteroatoms. The van der Waals surface area contributed by atoms with Gasteiger partial charge in [0.15, 0.2) is 0 Å². The van der Waals surface area contributed by atoms with Gasteiger partial charge in [0.1, 0.15) is 11.6 Å². The lowest BCUT2D eigenvalue weighted by Gasteiger charge is -2.31. The molecule has 7 nitrogen and oxygen atoms in total. The van der Waals surface area contributed by atoms with E-state index in [1.54, 1.807) is 12.1 Å². The van der Waals surface area contributed by atoms with Crippen LogP contribution in [0.2, 0.25) is 0 Å². The maximum Gasteiger partial charge on any atom is 0.272 e. The summed E-state index contributed by atoms with van der Waals surface area (Å²) in [6, 6.07) is 5.36. The highest BCUT2D eigenvalue weighted by atomic mass is 16.6. The van der Waals surface area contributed by atoms with E-state index in [4.69, 9.17) is 0 Å². The molecule has 0 aliphatic carbocycles. The van der Waals surface area contributed by atoms with Crippen molar-refractivity contribution in [3.05, 3.63) is 51.1 Å². The van der Waals surface area contributed by atoms with Gasteiger partial charge in [-0.05, 0) is 44.8 Å². The van der Waals surface area contributed by atoms with Gasteiger partial charge in [-0.3, -0.25) is 15.0 Å². The van der Waals surface area contributed by atoms with Gasteiger partial charge in [0.2, 0.25) is 0 Å². The van der Waals surface area contributed by atoms with Crippen LogP contribution in [0.25, 0.3) is 0 Å². The van der Waals surface area contributed by atoms with Crippen LogP contribution in [0, 0.1) is 17.0 Å². The van der Waals surface area contributed by atoms with Crippen LogP contribution in [0.1, 0.15) is 48.0 Å². The molecule has 0 radical (unpaired) electrons. The summed E-state index contributed by atoms with van der Waals surface area (Å²) in [6.45, 7) is 5.67. The number of rotatable bonds is 4. The van der Waals surface area contributed by atoms with Gasteiger partial charge in [0, 0.05) is 37.1 Å². The van der Waals surface area contributed by atoms with Gasteiger partial charge in [-0.25, -0.2) is 0 Å². The van der Waals surface area contributed by atoms with Crippen LogP contribution in [-0.4, -0.2) is 37.7 Å². The highest BCUT2D eigenvalue weighted by Gasteiger charge is 2.28. The van der Waals surface area contributed by atoms with E-state index >= 15 is 0 Å². The normalized spacial score (nSPS) is 18.4. The van der Waals surface area contributed by atoms with E-state index in [1.165, 1.54) is 12.2 Å². The number of hydrogen-bond acceptors (Lipinski definition) is 5. The molecule has 0 unspecified atom stereocenters. The minimum absolute atomic E-state index is 0.214. The van der Waals surface area contributed by atoms with Gasteiger partial charge in [0.05, 0.1) is 4.92 Å². The third-order valence-electron chi connectivity index (χ3n) is 5.60. The molecule has 0 atom stereocenters. The molecule has 2 aliphatic rings. The minimum atomic E-state index is -0.295. The summed E-state index contributed by atoms with van der Waals surface area (Å²) in [6.07, 6.45) is 4.39. The lowest BCUT2D eigenvalue weighted by molar-refractivity contribution is -0.385. The summed E-state index contributed by atoms with van der Waals surface area (Å²) < 4.78 is 2.31. The Hall–Kier alpha value is -2.28. The van der Waals surface area contributed by atoms with Gasteiger partial charge < -0.3 is 4.57 Å². The second kappa shape index (κ2) is 6.55. The number of likely N-dealkylation sites (tertiary alicyclic amines) is 1. The number of benzene rings is 1. The highest BCUT2D eigenvalue weighted by Crippen LogP contribution is 2.30. The third-order valence-corrected chi connectivity index (χ3v) is 5.60. The summed E-state index contributed by atoms with van der Waals surface area (Å²) in [5.41, 5.74) is 2.05. The lowest BCUT2D eigenvalue weighted by Crippen LogP contribution is -2.33. The minimum Gasteiger partial charge on any atom is -0.315 e. The molecule has 1 aromatic carbocycles. The first kappa shape index (κ1) is 16.2. The molecular weight excluding hydrogens is 318 g/mol. The van der Waals surface area contributed by atoms with E-state index in [1.807, 2.05) is 13.0 Å². The molecule has 0 bridgehead atoms. The van der Waals surface area contributed by atoms with Gasteiger partial charge in [-0.2, -0.15) is 0 Å². The Balaban J connectivity index is 1.41. The van der Waals surface area contributed by atoms with Crippen LogP contribution in [-0.2, 0) is 19.5 Å². The maximum atomic E-state index is 11.1. The predicted octanol–water partition coefficient (Wildman–Crippen LogP) is 2.82. The van der Waals surface area contributed by atoms with Gasteiger partial charge >= 0.3 is 0 Å². The monoisotopic (exact) mass is 341 g/mol. The van der Waals surface area contributed by atoms with Crippen molar-refractivity contribution < 1.29 is 4.92 Å². The van der Waals surface area contributed by atoms with Crippen molar-refractivity contribution in [3.63, 3.8) is 0 Å². The number of nitro benzene ring substituents is 1. The Morgan fingerprint density at radius 2 is 2.04 bits per heavy atom. The first-order valence-electron chi connectivity index (χ1n) is 9.00. The zero-order chi connectivity index (χ0) is 17.4. The standard InChI is InChI=1S/C18H23N5O2/c1-13-15(4-2-5-16(13)23(24)25)12-21-10-7-14(8-11-21)18-20-19-17-6-3-9-22(17)18/h2,4-5,14H,3,6-12H2,1H3. The zero-order valence-corrected chi connectivity index (χ0v) is 14.5. The fourth-order valence-electron chi connectivity index (χ4n) is 4.10. The fraction of sp³-hybridized carbons (Fsp3) is 0.556. The average Bonchev–Trinajstić information content (AvgIpc) is 3.21. The largest absolute Gasteiger partial charge is 0.315 e. The molecule has 2 aromatic rings. The molecule has 0 spiro atoms. The summed E-state index contributed by atoms with van der Waals surface area (Å²) in [4.78, 5) is 13.2. The van der Waals surface area contributed by atoms with Gasteiger partial charge in [-0.1, -0.05) is 12.1 Å². The number of aromatic nitrogens is 3. The van der Waals surface area contributed by atoms with E-state index in [2.05, 4.69) is 19.7 Å². The fourth-order valence-corrected chi connectivity index (χ4v) is 4.10. The summed E-state index contributed by atoms with van der Waals surface area (Å²) in [5.74, 6) is 2.80. The van der Waals surface area contributed by atoms with Crippen molar-refractivity contribution in [2.45, 2.75) is 51.6 Å². The second-order valence-electron chi connectivity index (χ2n) is 7.10. The summed E-state index contributed by atoms with van der Waals surface area (Å²) in [7, 11) is 0. The Morgan fingerprint density at radius 3 is 2.80 bits per heavy atom. The molecule has 25 heavy (non-hydrogen) atoms. The van der Waals surface area contributed by atoms with E-state index < -0.39 is 0 Å². The van der Waals surface area contributed by atoms with E-state index in [0.29, 0.717) is 5.92 Å². The first-order chi connectivity index (χ1) is 12.1. The number of fused-ring (bicyclic) bond motifs is 1. The highest BCUT2D eigenvalue weighted by molar-refractivity contribution is 5.44. The number of aryl methyl sites for hydroxylation is 1. The van der Waals surface area contributed by atoms with E-state index in [0.717, 1.165) is 62.4 Å². The van der Waals surface area contributed by atoms with Crippen LogP contribution in [0.5, 0.6) is 0 Å². The molecule has 1 aromatic heterocycles. The average molecular weight is 341 g/mol. The molecular formula is C18H23N5O2. The van der Waals surface area contributed by atoms with Crippen LogP contribution in [0.3, 0.4) is 0 Å². The van der Waals surface area contributed by atoms with E-state index in [-0.39, 0.29) is 10.6 Å². The van der Waals surface area contributed by atoms with Crippen LogP contribution in [0.4, 0.5) is 5.69 Å². The third kappa shape index (κ3) is 3.04. The zero-order valence-electron chi connectivity index (χ0n) is 14.5. The Labute approximate surface area is 146 Å². The van der Waals surface area contributed by atoms with Crippen LogP contribution < -0.4 is 0 Å². The quantitative estimate of drug-likeness (QED) is 0.631. The number of nitrogens with zero attached hydrogens (tertiary/aromatic N) is 5. The van der Waals surface area contributed by atoms with Gasteiger partial charge in [0.25, 0.3) is 5.69 Å². The Bertz CT molecular complexity index is 793. The molecule has 0 N–H and O–H groups in total. The molecule has 0 saturated carbocycles. The van der Waals surface area contributed by atoms with Crippen molar-refractivity contribution >= 4 is 5.69 Å². The van der Waals surface area contributed by atoms with Crippen LogP contribution in [0.15, 0.2) is 18.2 Å². The molecule has 0 amide bonds. The van der Waals surface area contributed by atoms with Crippen molar-refractivity contribution in [3.8, 4) is 0 Å². The predicted molar refractivity (Wildman–Crippen MR) is 93.4 cm³/mol. The number of hydrogen-bond donors (Lipinski definition) is 0. The lowest BCUT2D eigenvalue weighted by atomic mass is 9.95.